The summed E-state index contributed by atoms with van der Waals surface area (Å²) in [5.41, 5.74) is 7.95. The average molecular weight is 336 g/mol. The predicted molar refractivity (Wildman–Crippen MR) is 84.2 cm³/mol. The molecule has 2 N–H and O–H groups in total. The maximum atomic E-state index is 5.81. The van der Waals surface area contributed by atoms with Gasteiger partial charge in [-0.25, -0.2) is 0 Å². The monoisotopic (exact) mass is 335 g/mol. The lowest BCUT2D eigenvalue weighted by Gasteiger charge is -2.11. The first-order chi connectivity index (χ1) is 9.72. The van der Waals surface area contributed by atoms with E-state index in [2.05, 4.69) is 15.9 Å². The lowest BCUT2D eigenvalue weighted by Crippen LogP contribution is -2.05. The molecule has 0 heterocycles. The average Bonchev–Trinajstić information content (AvgIpc) is 2.49. The van der Waals surface area contributed by atoms with Crippen LogP contribution in [0.4, 0.5) is 0 Å². The molecule has 2 aromatic rings. The molecule has 0 spiro atoms. The SMILES string of the molecule is COc1ccc(CCOc2ccc(Br)cc2CN)cc1. The maximum absolute atomic E-state index is 5.81. The number of hydrogen-bond acceptors (Lipinski definition) is 3. The molecule has 20 heavy (non-hydrogen) atoms. The topological polar surface area (TPSA) is 44.5 Å². The van der Waals surface area contributed by atoms with Crippen molar-refractivity contribution in [1.82, 2.24) is 0 Å². The maximum Gasteiger partial charge on any atom is 0.123 e. The fourth-order valence-electron chi connectivity index (χ4n) is 1.92. The Kier molecular flexibility index (Phi) is 5.44. The molecular weight excluding hydrogens is 318 g/mol. The van der Waals surface area contributed by atoms with Crippen LogP contribution in [0.1, 0.15) is 11.1 Å². The number of halogens is 1. The van der Waals surface area contributed by atoms with Crippen molar-refractivity contribution in [3.63, 3.8) is 0 Å². The normalized spacial score (nSPS) is 10.3. The third-order valence-electron chi connectivity index (χ3n) is 3.05. The second kappa shape index (κ2) is 7.31. The molecule has 2 rings (SSSR count). The van der Waals surface area contributed by atoms with Gasteiger partial charge in [0, 0.05) is 23.0 Å². The number of rotatable bonds is 6. The standard InChI is InChI=1S/C16H18BrNO2/c1-19-15-5-2-12(3-6-15)8-9-20-16-7-4-14(17)10-13(16)11-18/h2-7,10H,8-9,11,18H2,1H3. The molecule has 0 aromatic heterocycles. The molecule has 0 amide bonds. The molecule has 0 aliphatic rings. The lowest BCUT2D eigenvalue weighted by atomic mass is 10.1. The van der Waals surface area contributed by atoms with Crippen LogP contribution in [0.5, 0.6) is 11.5 Å². The van der Waals surface area contributed by atoms with Gasteiger partial charge in [-0.15, -0.1) is 0 Å². The van der Waals surface area contributed by atoms with Gasteiger partial charge in [-0.05, 0) is 35.9 Å². The Morgan fingerprint density at radius 2 is 1.85 bits per heavy atom. The van der Waals surface area contributed by atoms with Crippen LogP contribution in [0.3, 0.4) is 0 Å². The molecule has 0 atom stereocenters. The van der Waals surface area contributed by atoms with Crippen molar-refractivity contribution in [2.24, 2.45) is 5.73 Å². The summed E-state index contributed by atoms with van der Waals surface area (Å²) in [7, 11) is 1.67. The van der Waals surface area contributed by atoms with Gasteiger partial charge in [-0.2, -0.15) is 0 Å². The molecule has 2 aromatic carbocycles. The van der Waals surface area contributed by atoms with Crippen molar-refractivity contribution >= 4 is 15.9 Å². The Morgan fingerprint density at radius 1 is 1.10 bits per heavy atom. The highest BCUT2D eigenvalue weighted by atomic mass is 79.9. The van der Waals surface area contributed by atoms with E-state index >= 15 is 0 Å². The van der Waals surface area contributed by atoms with Crippen LogP contribution in [0.25, 0.3) is 0 Å². The third kappa shape index (κ3) is 3.99. The van der Waals surface area contributed by atoms with Gasteiger partial charge in [0.2, 0.25) is 0 Å². The first-order valence-corrected chi connectivity index (χ1v) is 7.26. The van der Waals surface area contributed by atoms with E-state index in [-0.39, 0.29) is 0 Å². The summed E-state index contributed by atoms with van der Waals surface area (Å²) >= 11 is 3.43. The summed E-state index contributed by atoms with van der Waals surface area (Å²) in [6, 6.07) is 13.9. The molecule has 0 saturated heterocycles. The van der Waals surface area contributed by atoms with Gasteiger partial charge in [-0.1, -0.05) is 28.1 Å². The molecule has 106 valence electrons. The van der Waals surface area contributed by atoms with Gasteiger partial charge in [-0.3, -0.25) is 0 Å². The number of ether oxygens (including phenoxy) is 2. The highest BCUT2D eigenvalue weighted by Crippen LogP contribution is 2.23. The third-order valence-corrected chi connectivity index (χ3v) is 3.54. The highest BCUT2D eigenvalue weighted by molar-refractivity contribution is 9.10. The van der Waals surface area contributed by atoms with E-state index in [9.17, 15) is 0 Å². The van der Waals surface area contributed by atoms with Crippen LogP contribution in [0.15, 0.2) is 46.9 Å². The zero-order chi connectivity index (χ0) is 14.4. The van der Waals surface area contributed by atoms with Crippen LogP contribution < -0.4 is 15.2 Å². The van der Waals surface area contributed by atoms with E-state index in [1.54, 1.807) is 7.11 Å². The van der Waals surface area contributed by atoms with E-state index < -0.39 is 0 Å². The minimum Gasteiger partial charge on any atom is -0.497 e. The van der Waals surface area contributed by atoms with E-state index in [0.29, 0.717) is 13.2 Å². The molecule has 4 heteroatoms. The van der Waals surface area contributed by atoms with Crippen molar-refractivity contribution in [2.75, 3.05) is 13.7 Å². The second-order valence-corrected chi connectivity index (χ2v) is 5.32. The fraction of sp³-hybridized carbons (Fsp3) is 0.250. The van der Waals surface area contributed by atoms with Crippen molar-refractivity contribution < 1.29 is 9.47 Å². The Morgan fingerprint density at radius 3 is 2.50 bits per heavy atom. The first-order valence-electron chi connectivity index (χ1n) is 6.47. The van der Waals surface area contributed by atoms with Crippen LogP contribution in [-0.2, 0) is 13.0 Å². The molecule has 0 radical (unpaired) electrons. The van der Waals surface area contributed by atoms with Gasteiger partial charge < -0.3 is 15.2 Å². The smallest absolute Gasteiger partial charge is 0.123 e. The molecule has 0 unspecified atom stereocenters. The summed E-state index contributed by atoms with van der Waals surface area (Å²) < 4.78 is 12.0. The fourth-order valence-corrected chi connectivity index (χ4v) is 2.33. The van der Waals surface area contributed by atoms with Crippen LogP contribution in [0.2, 0.25) is 0 Å². The van der Waals surface area contributed by atoms with Crippen molar-refractivity contribution in [3.8, 4) is 11.5 Å². The minimum atomic E-state index is 0.470. The summed E-state index contributed by atoms with van der Waals surface area (Å²) in [5.74, 6) is 1.72. The van der Waals surface area contributed by atoms with Gasteiger partial charge in [0.25, 0.3) is 0 Å². The Bertz CT molecular complexity index is 555. The second-order valence-electron chi connectivity index (χ2n) is 4.40. The molecule has 3 nitrogen and oxygen atoms in total. The van der Waals surface area contributed by atoms with Gasteiger partial charge >= 0.3 is 0 Å². The van der Waals surface area contributed by atoms with Crippen LogP contribution >= 0.6 is 15.9 Å². The largest absolute Gasteiger partial charge is 0.497 e. The molecule has 0 saturated carbocycles. The van der Waals surface area contributed by atoms with Gasteiger partial charge in [0.05, 0.1) is 13.7 Å². The molecular formula is C16H18BrNO2. The number of hydrogen-bond donors (Lipinski definition) is 1. The highest BCUT2D eigenvalue weighted by Gasteiger charge is 2.03. The van der Waals surface area contributed by atoms with E-state index in [1.807, 2.05) is 42.5 Å². The predicted octanol–water partition coefficient (Wildman–Crippen LogP) is 3.54. The zero-order valence-corrected chi connectivity index (χ0v) is 13.0. The van der Waals surface area contributed by atoms with Crippen LogP contribution in [0, 0.1) is 0 Å². The summed E-state index contributed by atoms with van der Waals surface area (Å²) in [6.07, 6.45) is 0.851. The van der Waals surface area contributed by atoms with E-state index in [0.717, 1.165) is 28.0 Å². The Balaban J connectivity index is 1.92. The zero-order valence-electron chi connectivity index (χ0n) is 11.4. The minimum absolute atomic E-state index is 0.470. The number of nitrogens with two attached hydrogens (primary N) is 1. The lowest BCUT2D eigenvalue weighted by molar-refractivity contribution is 0.318. The molecule has 0 aliphatic carbocycles. The summed E-state index contributed by atoms with van der Waals surface area (Å²) in [4.78, 5) is 0. The quantitative estimate of drug-likeness (QED) is 0.878. The molecule has 0 fully saturated rings. The Hall–Kier alpha value is -1.52. The molecule has 0 bridgehead atoms. The van der Waals surface area contributed by atoms with Crippen molar-refractivity contribution in [2.45, 2.75) is 13.0 Å². The molecule has 0 aliphatic heterocycles. The first kappa shape index (κ1) is 14.9. The van der Waals surface area contributed by atoms with E-state index in [4.69, 9.17) is 15.2 Å². The summed E-state index contributed by atoms with van der Waals surface area (Å²) in [5, 5.41) is 0. The van der Waals surface area contributed by atoms with Gasteiger partial charge in [0.1, 0.15) is 11.5 Å². The van der Waals surface area contributed by atoms with Crippen molar-refractivity contribution in [3.05, 3.63) is 58.1 Å². The van der Waals surface area contributed by atoms with E-state index in [1.165, 1.54) is 5.56 Å². The Labute approximate surface area is 127 Å². The number of methoxy groups -OCH3 is 1. The summed E-state index contributed by atoms with van der Waals surface area (Å²) in [6.45, 7) is 1.10. The number of benzene rings is 2. The van der Waals surface area contributed by atoms with Crippen LogP contribution in [-0.4, -0.2) is 13.7 Å². The van der Waals surface area contributed by atoms with Crippen molar-refractivity contribution in [1.29, 1.82) is 0 Å². The van der Waals surface area contributed by atoms with Gasteiger partial charge in [0.15, 0.2) is 0 Å².